The van der Waals surface area contributed by atoms with Gasteiger partial charge in [0.2, 0.25) is 0 Å². The third-order valence-corrected chi connectivity index (χ3v) is 3.37. The highest BCUT2D eigenvalue weighted by atomic mass is 15.1. The summed E-state index contributed by atoms with van der Waals surface area (Å²) in [6.07, 6.45) is 6.76. The van der Waals surface area contributed by atoms with Crippen molar-refractivity contribution in [2.75, 3.05) is 33.2 Å². The maximum absolute atomic E-state index is 3.20. The van der Waals surface area contributed by atoms with Gasteiger partial charge in [0.05, 0.1) is 0 Å². The maximum Gasteiger partial charge on any atom is 0.000680 e. The van der Waals surface area contributed by atoms with Crippen molar-refractivity contribution in [1.82, 2.24) is 10.2 Å². The van der Waals surface area contributed by atoms with E-state index in [9.17, 15) is 0 Å². The minimum absolute atomic E-state index is 0.851. The van der Waals surface area contributed by atoms with Gasteiger partial charge in [-0.1, -0.05) is 40.0 Å². The molecule has 0 aromatic heterocycles. The Morgan fingerprint density at radius 3 is 2.31 bits per heavy atom. The third-order valence-electron chi connectivity index (χ3n) is 3.37. The summed E-state index contributed by atoms with van der Waals surface area (Å²) in [6, 6.07) is 0. The summed E-state index contributed by atoms with van der Waals surface area (Å²) in [5, 5.41) is 3.20. The molecule has 0 rings (SSSR count). The van der Waals surface area contributed by atoms with E-state index in [1.165, 1.54) is 58.3 Å². The Balaban J connectivity index is 3.40. The molecule has 0 aromatic rings. The number of hydrogen-bond donors (Lipinski definition) is 1. The predicted octanol–water partition coefficient (Wildman–Crippen LogP) is 3.13. The summed E-state index contributed by atoms with van der Waals surface area (Å²) in [7, 11) is 2.03. The van der Waals surface area contributed by atoms with E-state index in [4.69, 9.17) is 0 Å². The normalized spacial score (nSPS) is 13.3. The zero-order chi connectivity index (χ0) is 12.2. The van der Waals surface area contributed by atoms with Crippen LogP contribution < -0.4 is 5.32 Å². The van der Waals surface area contributed by atoms with Gasteiger partial charge in [0.15, 0.2) is 0 Å². The van der Waals surface area contributed by atoms with Crippen molar-refractivity contribution in [3.05, 3.63) is 0 Å². The Morgan fingerprint density at radius 2 is 1.75 bits per heavy atom. The molecule has 1 N–H and O–H groups in total. The molecule has 0 radical (unpaired) electrons. The standard InChI is InChI=1S/C14H32N2/c1-5-14(3)13-16(6-2)12-10-8-7-9-11-15-4/h14-15H,5-13H2,1-4H3. The Bertz CT molecular complexity index is 137. The molecule has 0 aromatic carbocycles. The van der Waals surface area contributed by atoms with E-state index in [0.717, 1.165) is 5.92 Å². The van der Waals surface area contributed by atoms with Gasteiger partial charge >= 0.3 is 0 Å². The van der Waals surface area contributed by atoms with Gasteiger partial charge in [-0.15, -0.1) is 0 Å². The first-order chi connectivity index (χ1) is 7.74. The largest absolute Gasteiger partial charge is 0.320 e. The van der Waals surface area contributed by atoms with E-state index >= 15 is 0 Å². The van der Waals surface area contributed by atoms with Crippen LogP contribution in [0.15, 0.2) is 0 Å². The lowest BCUT2D eigenvalue weighted by Gasteiger charge is -2.23. The number of nitrogens with zero attached hydrogens (tertiary/aromatic N) is 1. The second-order valence-electron chi connectivity index (χ2n) is 4.92. The summed E-state index contributed by atoms with van der Waals surface area (Å²) >= 11 is 0. The average Bonchev–Trinajstić information content (AvgIpc) is 2.31. The first kappa shape index (κ1) is 15.9. The van der Waals surface area contributed by atoms with Gasteiger partial charge in [0.25, 0.3) is 0 Å². The Kier molecular flexibility index (Phi) is 11.3. The lowest BCUT2D eigenvalue weighted by atomic mass is 10.1. The van der Waals surface area contributed by atoms with Crippen LogP contribution in [0.3, 0.4) is 0 Å². The molecule has 0 spiro atoms. The molecule has 0 saturated carbocycles. The molecule has 1 unspecified atom stereocenters. The Morgan fingerprint density at radius 1 is 1.06 bits per heavy atom. The first-order valence-corrected chi connectivity index (χ1v) is 7.11. The van der Waals surface area contributed by atoms with Gasteiger partial charge in [0.1, 0.15) is 0 Å². The summed E-state index contributed by atoms with van der Waals surface area (Å²) in [4.78, 5) is 2.60. The van der Waals surface area contributed by atoms with Crippen molar-refractivity contribution in [3.8, 4) is 0 Å². The summed E-state index contributed by atoms with van der Waals surface area (Å²) < 4.78 is 0. The molecule has 0 bridgehead atoms. The van der Waals surface area contributed by atoms with Crippen LogP contribution in [0.25, 0.3) is 0 Å². The predicted molar refractivity (Wildman–Crippen MR) is 74.0 cm³/mol. The van der Waals surface area contributed by atoms with Gasteiger partial charge in [-0.25, -0.2) is 0 Å². The molecule has 0 amide bonds. The van der Waals surface area contributed by atoms with Crippen molar-refractivity contribution in [3.63, 3.8) is 0 Å². The lowest BCUT2D eigenvalue weighted by molar-refractivity contribution is 0.240. The highest BCUT2D eigenvalue weighted by molar-refractivity contribution is 4.60. The number of nitrogens with one attached hydrogen (secondary N) is 1. The quantitative estimate of drug-likeness (QED) is 0.547. The fraction of sp³-hybridized carbons (Fsp3) is 1.00. The van der Waals surface area contributed by atoms with Crippen LogP contribution in [0, 0.1) is 5.92 Å². The molecule has 0 aliphatic carbocycles. The van der Waals surface area contributed by atoms with Gasteiger partial charge in [-0.05, 0) is 45.4 Å². The SMILES string of the molecule is CCC(C)CN(CC)CCCCCCNC. The van der Waals surface area contributed by atoms with Crippen LogP contribution in [-0.2, 0) is 0 Å². The molecule has 98 valence electrons. The molecule has 0 saturated heterocycles. The zero-order valence-corrected chi connectivity index (χ0v) is 11.9. The average molecular weight is 228 g/mol. The zero-order valence-electron chi connectivity index (χ0n) is 11.9. The molecular weight excluding hydrogens is 196 g/mol. The van der Waals surface area contributed by atoms with Crippen molar-refractivity contribution in [2.24, 2.45) is 5.92 Å². The van der Waals surface area contributed by atoms with E-state index < -0.39 is 0 Å². The molecule has 0 heterocycles. The number of hydrogen-bond acceptors (Lipinski definition) is 2. The minimum atomic E-state index is 0.851. The van der Waals surface area contributed by atoms with E-state index in [1.54, 1.807) is 0 Å². The van der Waals surface area contributed by atoms with Crippen LogP contribution in [0.5, 0.6) is 0 Å². The molecule has 16 heavy (non-hydrogen) atoms. The van der Waals surface area contributed by atoms with Crippen molar-refractivity contribution >= 4 is 0 Å². The van der Waals surface area contributed by atoms with Gasteiger partial charge < -0.3 is 10.2 Å². The molecule has 2 heteroatoms. The Labute approximate surface area is 103 Å². The second kappa shape index (κ2) is 11.4. The summed E-state index contributed by atoms with van der Waals surface area (Å²) in [6.45, 7) is 11.9. The van der Waals surface area contributed by atoms with E-state index in [0.29, 0.717) is 0 Å². The van der Waals surface area contributed by atoms with Gasteiger partial charge in [-0.2, -0.15) is 0 Å². The molecule has 0 aliphatic heterocycles. The second-order valence-corrected chi connectivity index (χ2v) is 4.92. The van der Waals surface area contributed by atoms with Crippen LogP contribution in [-0.4, -0.2) is 38.1 Å². The molecule has 2 nitrogen and oxygen atoms in total. The van der Waals surface area contributed by atoms with E-state index in [2.05, 4.69) is 31.0 Å². The monoisotopic (exact) mass is 228 g/mol. The van der Waals surface area contributed by atoms with Crippen molar-refractivity contribution in [2.45, 2.75) is 52.9 Å². The maximum atomic E-state index is 3.20. The fourth-order valence-electron chi connectivity index (χ4n) is 1.94. The first-order valence-electron chi connectivity index (χ1n) is 7.11. The van der Waals surface area contributed by atoms with Crippen LogP contribution in [0.4, 0.5) is 0 Å². The van der Waals surface area contributed by atoms with Crippen LogP contribution in [0.2, 0.25) is 0 Å². The summed E-state index contributed by atoms with van der Waals surface area (Å²) in [5.41, 5.74) is 0. The van der Waals surface area contributed by atoms with Gasteiger partial charge in [0, 0.05) is 6.54 Å². The lowest BCUT2D eigenvalue weighted by Crippen LogP contribution is -2.29. The van der Waals surface area contributed by atoms with Gasteiger partial charge in [-0.3, -0.25) is 0 Å². The van der Waals surface area contributed by atoms with Crippen LogP contribution >= 0.6 is 0 Å². The molecule has 1 atom stereocenters. The minimum Gasteiger partial charge on any atom is -0.320 e. The Hall–Kier alpha value is -0.0800. The number of rotatable bonds is 11. The smallest absolute Gasteiger partial charge is 0.000680 e. The van der Waals surface area contributed by atoms with Crippen molar-refractivity contribution < 1.29 is 0 Å². The summed E-state index contributed by atoms with van der Waals surface area (Å²) in [5.74, 6) is 0.851. The third kappa shape index (κ3) is 9.17. The van der Waals surface area contributed by atoms with E-state index in [-0.39, 0.29) is 0 Å². The molecular formula is C14H32N2. The topological polar surface area (TPSA) is 15.3 Å². The number of unbranched alkanes of at least 4 members (excludes halogenated alkanes) is 3. The van der Waals surface area contributed by atoms with Crippen molar-refractivity contribution in [1.29, 1.82) is 0 Å². The highest BCUT2D eigenvalue weighted by Crippen LogP contribution is 2.06. The van der Waals surface area contributed by atoms with Crippen LogP contribution in [0.1, 0.15) is 52.9 Å². The van der Waals surface area contributed by atoms with E-state index in [1.807, 2.05) is 7.05 Å². The highest BCUT2D eigenvalue weighted by Gasteiger charge is 2.06. The fourth-order valence-corrected chi connectivity index (χ4v) is 1.94. The molecule has 0 fully saturated rings. The molecule has 0 aliphatic rings.